The Bertz CT molecular complexity index is 1130. The minimum atomic E-state index is -3.81. The Morgan fingerprint density at radius 2 is 1.65 bits per heavy atom. The minimum Gasteiger partial charge on any atom is -0.491 e. The number of nitrogens with zero attached hydrogens (tertiary/aromatic N) is 2. The van der Waals surface area contributed by atoms with Crippen LogP contribution in [-0.2, 0) is 24.8 Å². The molecule has 2 aromatic carbocycles. The molecule has 1 N–H and O–H groups in total. The highest BCUT2D eigenvalue weighted by molar-refractivity contribution is 7.92. The summed E-state index contributed by atoms with van der Waals surface area (Å²) in [4.78, 5) is 12.5. The van der Waals surface area contributed by atoms with Crippen LogP contribution in [0.1, 0.15) is 13.8 Å². The van der Waals surface area contributed by atoms with Gasteiger partial charge in [-0.3, -0.25) is 9.10 Å². The fourth-order valence-corrected chi connectivity index (χ4v) is 4.40. The van der Waals surface area contributed by atoms with Crippen LogP contribution in [0.5, 0.6) is 5.75 Å². The number of sulfonamides is 2. The van der Waals surface area contributed by atoms with Crippen molar-refractivity contribution in [3.63, 3.8) is 0 Å². The van der Waals surface area contributed by atoms with Gasteiger partial charge in [-0.1, -0.05) is 6.07 Å². The number of nitrogens with one attached hydrogen (secondary N) is 1. The number of anilines is 2. The Kier molecular flexibility index (Phi) is 7.68. The van der Waals surface area contributed by atoms with Crippen LogP contribution in [0.2, 0.25) is 0 Å². The van der Waals surface area contributed by atoms with E-state index in [9.17, 15) is 21.6 Å². The predicted molar refractivity (Wildman–Crippen MR) is 120 cm³/mol. The average Bonchev–Trinajstić information content (AvgIpc) is 2.65. The maximum absolute atomic E-state index is 12.5. The molecule has 0 heterocycles. The van der Waals surface area contributed by atoms with Crippen molar-refractivity contribution in [3.8, 4) is 5.75 Å². The fourth-order valence-electron chi connectivity index (χ4n) is 2.65. The molecule has 0 spiro atoms. The summed E-state index contributed by atoms with van der Waals surface area (Å²) in [6.45, 7) is 3.28. The molecule has 0 aliphatic heterocycles. The van der Waals surface area contributed by atoms with Crippen LogP contribution < -0.4 is 14.4 Å². The molecule has 170 valence electrons. The number of rotatable bonds is 9. The SMILES string of the molecule is CC(C)Oc1cccc(NC(=O)CN(c2ccc(S(=O)(=O)N(C)C)cc2)S(C)(=O)=O)c1. The number of carbonyl (C=O) groups is 1. The van der Waals surface area contributed by atoms with Crippen molar-refractivity contribution >= 4 is 37.3 Å². The summed E-state index contributed by atoms with van der Waals surface area (Å²) in [6.07, 6.45) is 0.938. The molecule has 0 aliphatic rings. The van der Waals surface area contributed by atoms with E-state index in [-0.39, 0.29) is 16.7 Å². The minimum absolute atomic E-state index is 0.0149. The van der Waals surface area contributed by atoms with Crippen LogP contribution in [0.25, 0.3) is 0 Å². The summed E-state index contributed by atoms with van der Waals surface area (Å²) >= 11 is 0. The Hall–Kier alpha value is -2.63. The van der Waals surface area contributed by atoms with Crippen molar-refractivity contribution in [3.05, 3.63) is 48.5 Å². The lowest BCUT2D eigenvalue weighted by Crippen LogP contribution is -2.37. The van der Waals surface area contributed by atoms with Crippen LogP contribution >= 0.6 is 0 Å². The zero-order valence-corrected chi connectivity index (χ0v) is 19.7. The van der Waals surface area contributed by atoms with Gasteiger partial charge in [-0.2, -0.15) is 0 Å². The Morgan fingerprint density at radius 1 is 1.03 bits per heavy atom. The van der Waals surface area contributed by atoms with Crippen LogP contribution in [0.15, 0.2) is 53.4 Å². The maximum Gasteiger partial charge on any atom is 0.245 e. The molecule has 2 aromatic rings. The second-order valence-electron chi connectivity index (χ2n) is 7.29. The van der Waals surface area contributed by atoms with E-state index >= 15 is 0 Å². The number of hydrogen-bond donors (Lipinski definition) is 1. The summed E-state index contributed by atoms with van der Waals surface area (Å²) in [7, 11) is -4.66. The molecule has 0 aliphatic carbocycles. The van der Waals surface area contributed by atoms with Gasteiger partial charge in [0.2, 0.25) is 26.0 Å². The highest BCUT2D eigenvalue weighted by Gasteiger charge is 2.23. The van der Waals surface area contributed by atoms with E-state index in [0.29, 0.717) is 11.4 Å². The van der Waals surface area contributed by atoms with E-state index in [0.717, 1.165) is 14.9 Å². The molecule has 0 bridgehead atoms. The van der Waals surface area contributed by atoms with E-state index in [2.05, 4.69) is 5.32 Å². The molecule has 11 heteroatoms. The van der Waals surface area contributed by atoms with Gasteiger partial charge in [-0.15, -0.1) is 0 Å². The molecule has 9 nitrogen and oxygen atoms in total. The molecule has 0 saturated carbocycles. The summed E-state index contributed by atoms with van der Waals surface area (Å²) in [5.41, 5.74) is 0.635. The summed E-state index contributed by atoms with van der Waals surface area (Å²) in [5, 5.41) is 2.65. The molecule has 31 heavy (non-hydrogen) atoms. The Labute approximate surface area is 183 Å². The highest BCUT2D eigenvalue weighted by atomic mass is 32.2. The lowest BCUT2D eigenvalue weighted by atomic mass is 10.3. The molecule has 0 fully saturated rings. The lowest BCUT2D eigenvalue weighted by Gasteiger charge is -2.22. The van der Waals surface area contributed by atoms with Crippen molar-refractivity contribution in [2.45, 2.75) is 24.8 Å². The van der Waals surface area contributed by atoms with Crippen molar-refractivity contribution in [1.29, 1.82) is 0 Å². The number of hydrogen-bond acceptors (Lipinski definition) is 6. The smallest absolute Gasteiger partial charge is 0.245 e. The van der Waals surface area contributed by atoms with Crippen LogP contribution in [-0.4, -0.2) is 60.0 Å². The van der Waals surface area contributed by atoms with Gasteiger partial charge >= 0.3 is 0 Å². The summed E-state index contributed by atoms with van der Waals surface area (Å²) < 4.78 is 56.5. The van der Waals surface area contributed by atoms with Crippen LogP contribution in [0, 0.1) is 0 Å². The molecular weight excluding hydrogens is 442 g/mol. The maximum atomic E-state index is 12.5. The average molecular weight is 470 g/mol. The zero-order valence-electron chi connectivity index (χ0n) is 18.1. The van der Waals surface area contributed by atoms with Gasteiger partial charge < -0.3 is 10.1 Å². The monoisotopic (exact) mass is 469 g/mol. The van der Waals surface area contributed by atoms with E-state index in [4.69, 9.17) is 4.74 Å². The second kappa shape index (κ2) is 9.67. The molecule has 0 saturated heterocycles. The van der Waals surface area contributed by atoms with E-state index < -0.39 is 32.5 Å². The first-order valence-electron chi connectivity index (χ1n) is 9.37. The molecule has 0 unspecified atom stereocenters. The van der Waals surface area contributed by atoms with Crippen LogP contribution in [0.4, 0.5) is 11.4 Å². The van der Waals surface area contributed by atoms with Crippen molar-refractivity contribution in [2.75, 3.05) is 36.5 Å². The zero-order chi connectivity index (χ0) is 23.4. The van der Waals surface area contributed by atoms with Gasteiger partial charge in [-0.25, -0.2) is 21.1 Å². The molecule has 0 atom stereocenters. The van der Waals surface area contributed by atoms with Crippen molar-refractivity contribution in [1.82, 2.24) is 4.31 Å². The third kappa shape index (κ3) is 6.68. The molecule has 0 aromatic heterocycles. The van der Waals surface area contributed by atoms with E-state index in [1.807, 2.05) is 13.8 Å². The van der Waals surface area contributed by atoms with Gasteiger partial charge in [0.05, 0.1) is 22.9 Å². The third-order valence-electron chi connectivity index (χ3n) is 4.08. The quantitative estimate of drug-likeness (QED) is 0.602. The highest BCUT2D eigenvalue weighted by Crippen LogP contribution is 2.22. The van der Waals surface area contributed by atoms with Gasteiger partial charge in [0, 0.05) is 25.8 Å². The number of amides is 1. The van der Waals surface area contributed by atoms with E-state index in [1.165, 1.54) is 38.4 Å². The standard InChI is InChI=1S/C20H27N3O6S2/c1-15(2)29-18-8-6-7-16(13-18)21-20(24)14-23(30(5,25)26)17-9-11-19(12-10-17)31(27,28)22(3)4/h6-13,15H,14H2,1-5H3,(H,21,24). The topological polar surface area (TPSA) is 113 Å². The van der Waals surface area contributed by atoms with Gasteiger partial charge in [-0.05, 0) is 50.2 Å². The number of benzene rings is 2. The first-order valence-corrected chi connectivity index (χ1v) is 12.7. The van der Waals surface area contributed by atoms with Crippen LogP contribution in [0.3, 0.4) is 0 Å². The molecule has 2 rings (SSSR count). The molecule has 1 amide bonds. The summed E-state index contributed by atoms with van der Waals surface area (Å²) in [5.74, 6) is 0.0163. The lowest BCUT2D eigenvalue weighted by molar-refractivity contribution is -0.114. The largest absolute Gasteiger partial charge is 0.491 e. The van der Waals surface area contributed by atoms with Crippen molar-refractivity contribution in [2.24, 2.45) is 0 Å². The predicted octanol–water partition coefficient (Wildman–Crippen LogP) is 2.13. The Balaban J connectivity index is 2.22. The molecular formula is C20H27N3O6S2. The molecule has 0 radical (unpaired) electrons. The van der Waals surface area contributed by atoms with Gasteiger partial charge in [0.25, 0.3) is 0 Å². The number of carbonyl (C=O) groups excluding carboxylic acids is 1. The van der Waals surface area contributed by atoms with Gasteiger partial charge in [0.1, 0.15) is 12.3 Å². The first-order chi connectivity index (χ1) is 14.3. The van der Waals surface area contributed by atoms with Crippen molar-refractivity contribution < 1.29 is 26.4 Å². The first kappa shape index (κ1) is 24.6. The third-order valence-corrected chi connectivity index (χ3v) is 7.05. The van der Waals surface area contributed by atoms with Gasteiger partial charge in [0.15, 0.2) is 0 Å². The fraction of sp³-hybridized carbons (Fsp3) is 0.350. The Morgan fingerprint density at radius 3 is 2.16 bits per heavy atom. The summed E-state index contributed by atoms with van der Waals surface area (Å²) in [6, 6.07) is 12.1. The normalized spacial score (nSPS) is 12.1. The van der Waals surface area contributed by atoms with E-state index in [1.54, 1.807) is 24.3 Å². The second-order valence-corrected chi connectivity index (χ2v) is 11.4. The number of ether oxygens (including phenoxy) is 1.